The molecular formula is C24H25FN4O4. The molecule has 0 unspecified atom stereocenters. The Morgan fingerprint density at radius 3 is 2.67 bits per heavy atom. The normalized spacial score (nSPS) is 23.2. The van der Waals surface area contributed by atoms with E-state index in [0.29, 0.717) is 49.5 Å². The molecule has 3 amide bonds. The summed E-state index contributed by atoms with van der Waals surface area (Å²) in [6, 6.07) is 13.1. The first-order chi connectivity index (χ1) is 15.9. The number of para-hydroxylation sites is 2. The Labute approximate surface area is 190 Å². The Morgan fingerprint density at radius 2 is 1.85 bits per heavy atom. The third-order valence-corrected chi connectivity index (χ3v) is 6.53. The second-order valence-corrected chi connectivity index (χ2v) is 8.79. The van der Waals surface area contributed by atoms with Crippen LogP contribution in [-0.4, -0.2) is 61.1 Å². The lowest BCUT2D eigenvalue weighted by atomic mass is 9.95. The Bertz CT molecular complexity index is 1090. The Kier molecular flexibility index (Phi) is 5.49. The number of nitrogens with zero attached hydrogens (tertiary/aromatic N) is 3. The first kappa shape index (κ1) is 21.4. The van der Waals surface area contributed by atoms with Crippen LogP contribution in [0, 0.1) is 5.82 Å². The monoisotopic (exact) mass is 452 g/mol. The SMILES string of the molecule is O=C1CN(C(=O)CN2CCC[C@]3(CC2)CN(c2ccc(F)cc2)C(=O)O3)c2ccccc2N1. The van der Waals surface area contributed by atoms with Crippen molar-refractivity contribution in [3.63, 3.8) is 0 Å². The fourth-order valence-electron chi connectivity index (χ4n) is 4.82. The molecule has 0 saturated carbocycles. The van der Waals surface area contributed by atoms with Crippen LogP contribution < -0.4 is 15.1 Å². The first-order valence-corrected chi connectivity index (χ1v) is 11.1. The van der Waals surface area contributed by atoms with Gasteiger partial charge in [-0.1, -0.05) is 12.1 Å². The minimum atomic E-state index is -0.624. The van der Waals surface area contributed by atoms with Crippen molar-refractivity contribution in [2.45, 2.75) is 24.9 Å². The predicted molar refractivity (Wildman–Crippen MR) is 121 cm³/mol. The minimum Gasteiger partial charge on any atom is -0.441 e. The Balaban J connectivity index is 1.24. The van der Waals surface area contributed by atoms with Crippen molar-refractivity contribution < 1.29 is 23.5 Å². The smallest absolute Gasteiger partial charge is 0.415 e. The maximum Gasteiger partial charge on any atom is 0.415 e. The summed E-state index contributed by atoms with van der Waals surface area (Å²) in [6.45, 7) is 1.88. The van der Waals surface area contributed by atoms with E-state index in [1.165, 1.54) is 17.0 Å². The molecule has 0 aromatic heterocycles. The number of hydrogen-bond acceptors (Lipinski definition) is 5. The Morgan fingerprint density at radius 1 is 1.06 bits per heavy atom. The molecule has 3 heterocycles. The summed E-state index contributed by atoms with van der Waals surface area (Å²) in [6.07, 6.45) is 1.63. The van der Waals surface area contributed by atoms with Crippen LogP contribution in [0.4, 0.5) is 26.2 Å². The van der Waals surface area contributed by atoms with E-state index >= 15 is 0 Å². The largest absolute Gasteiger partial charge is 0.441 e. The summed E-state index contributed by atoms with van der Waals surface area (Å²) in [4.78, 5) is 42.8. The number of rotatable bonds is 3. The van der Waals surface area contributed by atoms with E-state index in [0.717, 1.165) is 6.42 Å². The molecule has 8 nitrogen and oxygen atoms in total. The molecule has 0 radical (unpaired) electrons. The molecule has 33 heavy (non-hydrogen) atoms. The number of halogens is 1. The van der Waals surface area contributed by atoms with Crippen molar-refractivity contribution in [1.29, 1.82) is 0 Å². The van der Waals surface area contributed by atoms with Gasteiger partial charge in [0.25, 0.3) is 0 Å². The molecule has 0 bridgehead atoms. The molecule has 3 aliphatic heterocycles. The van der Waals surface area contributed by atoms with Crippen LogP contribution in [0.1, 0.15) is 19.3 Å². The summed E-state index contributed by atoms with van der Waals surface area (Å²) < 4.78 is 19.1. The van der Waals surface area contributed by atoms with Gasteiger partial charge in [0.15, 0.2) is 0 Å². The van der Waals surface area contributed by atoms with Crippen LogP contribution in [0.3, 0.4) is 0 Å². The van der Waals surface area contributed by atoms with E-state index in [1.54, 1.807) is 23.1 Å². The molecule has 1 atom stereocenters. The molecule has 3 aliphatic rings. The molecule has 5 rings (SSSR count). The maximum absolute atomic E-state index is 13.3. The zero-order valence-electron chi connectivity index (χ0n) is 18.1. The van der Waals surface area contributed by atoms with Gasteiger partial charge < -0.3 is 10.1 Å². The van der Waals surface area contributed by atoms with E-state index in [2.05, 4.69) is 10.2 Å². The first-order valence-electron chi connectivity index (χ1n) is 11.1. The summed E-state index contributed by atoms with van der Waals surface area (Å²) >= 11 is 0. The lowest BCUT2D eigenvalue weighted by Crippen LogP contribution is -2.47. The summed E-state index contributed by atoms with van der Waals surface area (Å²) in [5, 5.41) is 2.80. The number of amides is 3. The van der Waals surface area contributed by atoms with E-state index in [-0.39, 0.29) is 30.7 Å². The van der Waals surface area contributed by atoms with Gasteiger partial charge in [-0.3, -0.25) is 24.3 Å². The number of carbonyl (C=O) groups excluding carboxylic acids is 3. The van der Waals surface area contributed by atoms with Crippen molar-refractivity contribution in [3.8, 4) is 0 Å². The van der Waals surface area contributed by atoms with Crippen LogP contribution in [-0.2, 0) is 14.3 Å². The van der Waals surface area contributed by atoms with Crippen molar-refractivity contribution in [2.24, 2.45) is 0 Å². The van der Waals surface area contributed by atoms with Gasteiger partial charge in [0.05, 0.1) is 24.5 Å². The fourth-order valence-corrected chi connectivity index (χ4v) is 4.82. The number of anilines is 3. The van der Waals surface area contributed by atoms with E-state index < -0.39 is 11.7 Å². The molecule has 1 spiro atoms. The predicted octanol–water partition coefficient (Wildman–Crippen LogP) is 2.99. The third-order valence-electron chi connectivity index (χ3n) is 6.53. The second kappa shape index (κ2) is 8.47. The van der Waals surface area contributed by atoms with Crippen LogP contribution in [0.15, 0.2) is 48.5 Å². The lowest BCUT2D eigenvalue weighted by molar-refractivity contribution is -0.122. The summed E-state index contributed by atoms with van der Waals surface area (Å²) in [5.74, 6) is -0.704. The number of likely N-dealkylation sites (tertiary alicyclic amines) is 1. The molecule has 1 N–H and O–H groups in total. The topological polar surface area (TPSA) is 82.2 Å². The zero-order chi connectivity index (χ0) is 23.0. The lowest BCUT2D eigenvalue weighted by Gasteiger charge is -2.31. The average molecular weight is 452 g/mol. The standard InChI is InChI=1S/C24H25FN4O4/c25-17-6-8-18(9-7-17)29-16-24(33-23(29)32)10-3-12-27(13-11-24)15-22(31)28-14-21(30)26-19-4-1-2-5-20(19)28/h1-2,4-9H,3,10-16H2,(H,26,30)/t24-/m0/s1. The molecule has 9 heteroatoms. The van der Waals surface area contributed by atoms with Gasteiger partial charge in [0, 0.05) is 18.7 Å². The van der Waals surface area contributed by atoms with Gasteiger partial charge in [-0.2, -0.15) is 0 Å². The van der Waals surface area contributed by atoms with E-state index in [1.807, 2.05) is 18.2 Å². The van der Waals surface area contributed by atoms with E-state index in [9.17, 15) is 18.8 Å². The highest BCUT2D eigenvalue weighted by Crippen LogP contribution is 2.36. The third kappa shape index (κ3) is 4.28. The Hall–Kier alpha value is -3.46. The number of fused-ring (bicyclic) bond motifs is 1. The van der Waals surface area contributed by atoms with E-state index in [4.69, 9.17) is 4.74 Å². The zero-order valence-corrected chi connectivity index (χ0v) is 18.1. The average Bonchev–Trinajstić information content (AvgIpc) is 3.00. The number of benzene rings is 2. The molecule has 0 aliphatic carbocycles. The van der Waals surface area contributed by atoms with Crippen LogP contribution in [0.25, 0.3) is 0 Å². The molecule has 2 saturated heterocycles. The van der Waals surface area contributed by atoms with Crippen LogP contribution in [0.2, 0.25) is 0 Å². The van der Waals surface area contributed by atoms with Crippen molar-refractivity contribution in [2.75, 3.05) is 47.8 Å². The summed E-state index contributed by atoms with van der Waals surface area (Å²) in [7, 11) is 0. The quantitative estimate of drug-likeness (QED) is 0.774. The number of hydrogen-bond donors (Lipinski definition) is 1. The van der Waals surface area contributed by atoms with Gasteiger partial charge in [0.2, 0.25) is 11.8 Å². The highest BCUT2D eigenvalue weighted by atomic mass is 19.1. The van der Waals surface area contributed by atoms with Gasteiger partial charge in [-0.05, 0) is 55.8 Å². The fraction of sp³-hybridized carbons (Fsp3) is 0.375. The minimum absolute atomic E-state index is 0.00212. The van der Waals surface area contributed by atoms with Gasteiger partial charge in [-0.25, -0.2) is 9.18 Å². The van der Waals surface area contributed by atoms with Gasteiger partial charge >= 0.3 is 6.09 Å². The molecule has 2 aromatic carbocycles. The molecule has 172 valence electrons. The van der Waals surface area contributed by atoms with Crippen molar-refractivity contribution in [1.82, 2.24) is 4.90 Å². The number of carbonyl (C=O) groups is 3. The van der Waals surface area contributed by atoms with Crippen molar-refractivity contribution >= 4 is 35.0 Å². The number of nitrogens with one attached hydrogen (secondary N) is 1. The second-order valence-electron chi connectivity index (χ2n) is 8.79. The van der Waals surface area contributed by atoms with Crippen LogP contribution in [0.5, 0.6) is 0 Å². The highest BCUT2D eigenvalue weighted by Gasteiger charge is 2.46. The van der Waals surface area contributed by atoms with Gasteiger partial charge in [0.1, 0.15) is 18.0 Å². The molecule has 2 aromatic rings. The highest BCUT2D eigenvalue weighted by molar-refractivity contribution is 6.10. The molecule has 2 fully saturated rings. The molecular weight excluding hydrogens is 427 g/mol. The maximum atomic E-state index is 13.3. The summed E-state index contributed by atoms with van der Waals surface area (Å²) in [5.41, 5.74) is 1.32. The van der Waals surface area contributed by atoms with Crippen LogP contribution >= 0.6 is 0 Å². The number of ether oxygens (including phenoxy) is 1. The van der Waals surface area contributed by atoms with Gasteiger partial charge in [-0.15, -0.1) is 0 Å². The van der Waals surface area contributed by atoms with Crippen molar-refractivity contribution in [3.05, 3.63) is 54.3 Å².